The summed E-state index contributed by atoms with van der Waals surface area (Å²) < 4.78 is 0. The molecule has 1 aromatic carbocycles. The van der Waals surface area contributed by atoms with Crippen LogP contribution >= 0.6 is 0 Å². The number of carbonyl (C=O) groups excluding carboxylic acids is 1. The number of allylic oxidation sites excluding steroid dienone is 2. The van der Waals surface area contributed by atoms with Gasteiger partial charge in [0.15, 0.2) is 5.78 Å². The van der Waals surface area contributed by atoms with Gasteiger partial charge in [0.2, 0.25) is 0 Å². The summed E-state index contributed by atoms with van der Waals surface area (Å²) in [4.78, 5) is 19.0. The number of fused-ring (bicyclic) bond motifs is 6. The number of nitrogens with one attached hydrogen (secondary N) is 1. The van der Waals surface area contributed by atoms with Crippen molar-refractivity contribution in [3.05, 3.63) is 46.8 Å². The van der Waals surface area contributed by atoms with Gasteiger partial charge in [0.05, 0.1) is 6.04 Å². The number of aromatic amines is 1. The predicted octanol–water partition coefficient (Wildman–Crippen LogP) is 4.75. The Balaban J connectivity index is 1.67. The molecule has 130 valence electrons. The van der Waals surface area contributed by atoms with Gasteiger partial charge in [-0.1, -0.05) is 32.0 Å². The molecular weight excluding hydrogens is 308 g/mol. The van der Waals surface area contributed by atoms with Gasteiger partial charge in [-0.3, -0.25) is 4.79 Å². The zero-order valence-corrected chi connectivity index (χ0v) is 15.1. The Morgan fingerprint density at radius 3 is 2.84 bits per heavy atom. The molecule has 0 saturated heterocycles. The number of ketones is 1. The Labute approximate surface area is 149 Å². The molecule has 3 nitrogen and oxygen atoms in total. The summed E-state index contributed by atoms with van der Waals surface area (Å²) in [6, 6.07) is 9.10. The third-order valence-electron chi connectivity index (χ3n) is 6.59. The fourth-order valence-electron chi connectivity index (χ4n) is 5.42. The fourth-order valence-corrected chi connectivity index (χ4v) is 5.42. The van der Waals surface area contributed by atoms with E-state index >= 15 is 0 Å². The molecule has 0 unspecified atom stereocenters. The lowest BCUT2D eigenvalue weighted by atomic mass is 9.72. The van der Waals surface area contributed by atoms with E-state index in [9.17, 15) is 4.79 Å². The molecule has 0 radical (unpaired) electrons. The van der Waals surface area contributed by atoms with Crippen molar-refractivity contribution >= 4 is 16.7 Å². The molecule has 2 aromatic rings. The maximum atomic E-state index is 12.7. The number of aromatic nitrogens is 1. The summed E-state index contributed by atoms with van der Waals surface area (Å²) in [6.45, 7) is 5.61. The van der Waals surface area contributed by atoms with Gasteiger partial charge in [-0.2, -0.15) is 0 Å². The number of carbonyl (C=O) groups is 1. The maximum absolute atomic E-state index is 12.7. The van der Waals surface area contributed by atoms with Crippen molar-refractivity contribution < 1.29 is 4.79 Å². The first kappa shape index (κ1) is 15.2. The second-order valence-electron chi connectivity index (χ2n) is 8.25. The van der Waals surface area contributed by atoms with Crippen LogP contribution in [-0.4, -0.2) is 22.2 Å². The van der Waals surface area contributed by atoms with Crippen LogP contribution in [0.2, 0.25) is 0 Å². The second kappa shape index (κ2) is 5.48. The average Bonchev–Trinajstić information content (AvgIpc) is 3.00. The smallest absolute Gasteiger partial charge is 0.160 e. The molecule has 2 atom stereocenters. The Kier molecular flexibility index (Phi) is 3.34. The van der Waals surface area contributed by atoms with Crippen LogP contribution in [0, 0.1) is 11.8 Å². The SMILES string of the molecule is CC(C)[C@@H]1C[C@H]2c3[nH]c4ccccc4c3CCN2C2=C1C(=O)CCC2. The summed E-state index contributed by atoms with van der Waals surface area (Å²) in [6.07, 6.45) is 5.00. The van der Waals surface area contributed by atoms with Gasteiger partial charge in [-0.15, -0.1) is 0 Å². The van der Waals surface area contributed by atoms with E-state index < -0.39 is 0 Å². The highest BCUT2D eigenvalue weighted by Crippen LogP contribution is 2.49. The first-order valence-corrected chi connectivity index (χ1v) is 9.77. The van der Waals surface area contributed by atoms with Crippen LogP contribution in [0.25, 0.3) is 10.9 Å². The molecule has 25 heavy (non-hydrogen) atoms. The molecule has 0 amide bonds. The first-order chi connectivity index (χ1) is 12.1. The third-order valence-corrected chi connectivity index (χ3v) is 6.59. The van der Waals surface area contributed by atoms with Crippen molar-refractivity contribution in [1.29, 1.82) is 0 Å². The highest BCUT2D eigenvalue weighted by molar-refractivity contribution is 5.97. The second-order valence-corrected chi connectivity index (χ2v) is 8.25. The maximum Gasteiger partial charge on any atom is 0.160 e. The molecule has 0 spiro atoms. The van der Waals surface area contributed by atoms with Crippen molar-refractivity contribution in [2.45, 2.75) is 52.0 Å². The van der Waals surface area contributed by atoms with Crippen LogP contribution in [0.4, 0.5) is 0 Å². The number of nitrogens with zero attached hydrogens (tertiary/aromatic N) is 1. The standard InChI is InChI=1S/C22H26N2O/c1-13(2)16-12-19-22-15(14-6-3-4-7-17(14)23-22)10-11-24(19)18-8-5-9-20(25)21(16)18/h3-4,6-7,13,16,19,23H,5,8-12H2,1-2H3/t16-,19-/m0/s1. The quantitative estimate of drug-likeness (QED) is 0.817. The normalized spacial score (nSPS) is 26.0. The molecule has 3 aliphatic rings. The molecule has 5 rings (SSSR count). The molecule has 0 fully saturated rings. The number of hydrogen-bond acceptors (Lipinski definition) is 2. The summed E-state index contributed by atoms with van der Waals surface area (Å²) >= 11 is 0. The van der Waals surface area contributed by atoms with E-state index in [-0.39, 0.29) is 0 Å². The molecule has 3 heterocycles. The minimum atomic E-state index is 0.404. The number of Topliss-reactive ketones (excluding diaryl/α,β-unsaturated/α-hetero) is 1. The number of hydrogen-bond donors (Lipinski definition) is 1. The highest BCUT2D eigenvalue weighted by atomic mass is 16.1. The zero-order valence-electron chi connectivity index (χ0n) is 15.1. The monoisotopic (exact) mass is 334 g/mol. The first-order valence-electron chi connectivity index (χ1n) is 9.77. The summed E-state index contributed by atoms with van der Waals surface area (Å²) in [5, 5.41) is 1.39. The molecule has 1 N–H and O–H groups in total. The number of para-hydroxylation sites is 1. The number of rotatable bonds is 1. The summed E-state index contributed by atoms with van der Waals surface area (Å²) in [7, 11) is 0. The van der Waals surface area contributed by atoms with E-state index in [4.69, 9.17) is 0 Å². The number of H-pyrrole nitrogens is 1. The van der Waals surface area contributed by atoms with Crippen molar-refractivity contribution in [2.24, 2.45) is 11.8 Å². The van der Waals surface area contributed by atoms with Gasteiger partial charge in [-0.05, 0) is 49.1 Å². The highest BCUT2D eigenvalue weighted by Gasteiger charge is 2.43. The lowest BCUT2D eigenvalue weighted by Gasteiger charge is -2.48. The Morgan fingerprint density at radius 2 is 2.00 bits per heavy atom. The van der Waals surface area contributed by atoms with Gasteiger partial charge in [0.25, 0.3) is 0 Å². The molecule has 3 heteroatoms. The van der Waals surface area contributed by atoms with Gasteiger partial charge in [-0.25, -0.2) is 0 Å². The van der Waals surface area contributed by atoms with Gasteiger partial charge in [0.1, 0.15) is 0 Å². The average molecular weight is 334 g/mol. The minimum absolute atomic E-state index is 0.404. The van der Waals surface area contributed by atoms with Crippen LogP contribution in [0.15, 0.2) is 35.5 Å². The van der Waals surface area contributed by atoms with Crippen LogP contribution in [0.5, 0.6) is 0 Å². The Hall–Kier alpha value is -2.03. The van der Waals surface area contributed by atoms with Gasteiger partial charge in [0, 0.05) is 40.8 Å². The van der Waals surface area contributed by atoms with E-state index in [1.807, 2.05) is 0 Å². The van der Waals surface area contributed by atoms with E-state index in [1.54, 1.807) is 0 Å². The third kappa shape index (κ3) is 2.14. The van der Waals surface area contributed by atoms with Crippen molar-refractivity contribution in [2.75, 3.05) is 6.54 Å². The topological polar surface area (TPSA) is 36.1 Å². The minimum Gasteiger partial charge on any atom is -0.366 e. The van der Waals surface area contributed by atoms with Crippen molar-refractivity contribution in [3.63, 3.8) is 0 Å². The largest absolute Gasteiger partial charge is 0.366 e. The van der Waals surface area contributed by atoms with Crippen LogP contribution < -0.4 is 0 Å². The lowest BCUT2D eigenvalue weighted by Crippen LogP contribution is -2.44. The molecule has 0 saturated carbocycles. The summed E-state index contributed by atoms with van der Waals surface area (Å²) in [5.74, 6) is 1.34. The lowest BCUT2D eigenvalue weighted by molar-refractivity contribution is -0.117. The predicted molar refractivity (Wildman–Crippen MR) is 100 cm³/mol. The van der Waals surface area contributed by atoms with E-state index in [2.05, 4.69) is 48.0 Å². The molecular formula is C22H26N2O. The fraction of sp³-hybridized carbons (Fsp3) is 0.500. The molecule has 1 aromatic heterocycles. The van der Waals surface area contributed by atoms with E-state index in [0.717, 1.165) is 38.6 Å². The van der Waals surface area contributed by atoms with Crippen molar-refractivity contribution in [3.8, 4) is 0 Å². The number of benzene rings is 1. The van der Waals surface area contributed by atoms with Crippen molar-refractivity contribution in [1.82, 2.24) is 9.88 Å². The van der Waals surface area contributed by atoms with Crippen LogP contribution in [0.3, 0.4) is 0 Å². The van der Waals surface area contributed by atoms with Gasteiger partial charge >= 0.3 is 0 Å². The Bertz CT molecular complexity index is 889. The Morgan fingerprint density at radius 1 is 1.16 bits per heavy atom. The van der Waals surface area contributed by atoms with Crippen LogP contribution in [0.1, 0.15) is 56.8 Å². The summed E-state index contributed by atoms with van der Waals surface area (Å²) in [5.41, 5.74) is 6.72. The van der Waals surface area contributed by atoms with E-state index in [1.165, 1.54) is 33.4 Å². The van der Waals surface area contributed by atoms with E-state index in [0.29, 0.717) is 23.7 Å². The molecule has 2 aliphatic heterocycles. The van der Waals surface area contributed by atoms with Crippen LogP contribution in [-0.2, 0) is 11.2 Å². The molecule has 0 bridgehead atoms. The zero-order chi connectivity index (χ0) is 17.1. The van der Waals surface area contributed by atoms with Gasteiger partial charge < -0.3 is 9.88 Å². The molecule has 1 aliphatic carbocycles.